The standard InChI is InChI=1S/C12H17N3O3/c1-7(2)11(13)12(16)14-9-6-8(3)4-5-10(9)15(17)18/h4-7,11H,13H2,1-3H3,(H,14,16)/t11-/m0/s1. The van der Waals surface area contributed by atoms with E-state index in [0.717, 1.165) is 5.56 Å². The van der Waals surface area contributed by atoms with E-state index in [0.29, 0.717) is 0 Å². The highest BCUT2D eigenvalue weighted by molar-refractivity contribution is 5.96. The number of benzene rings is 1. The number of rotatable bonds is 4. The first-order valence-electron chi connectivity index (χ1n) is 5.64. The van der Waals surface area contributed by atoms with Gasteiger partial charge in [0.05, 0.1) is 11.0 Å². The molecule has 0 aliphatic rings. The lowest BCUT2D eigenvalue weighted by Gasteiger charge is -2.15. The first kappa shape index (κ1) is 14.1. The molecule has 0 spiro atoms. The SMILES string of the molecule is Cc1ccc([N+](=O)[O-])c(NC(=O)[C@@H](N)C(C)C)c1. The van der Waals surface area contributed by atoms with Gasteiger partial charge in [-0.15, -0.1) is 0 Å². The normalized spacial score (nSPS) is 12.3. The Kier molecular flexibility index (Phi) is 4.38. The number of nitro benzene ring substituents is 1. The summed E-state index contributed by atoms with van der Waals surface area (Å²) in [7, 11) is 0. The van der Waals surface area contributed by atoms with E-state index < -0.39 is 16.9 Å². The highest BCUT2D eigenvalue weighted by Crippen LogP contribution is 2.25. The predicted molar refractivity (Wildman–Crippen MR) is 69.3 cm³/mol. The maximum absolute atomic E-state index is 11.8. The Morgan fingerprint density at radius 2 is 2.06 bits per heavy atom. The number of anilines is 1. The van der Waals surface area contributed by atoms with Gasteiger partial charge >= 0.3 is 0 Å². The Balaban J connectivity index is 2.99. The van der Waals surface area contributed by atoms with E-state index in [9.17, 15) is 14.9 Å². The Morgan fingerprint density at radius 1 is 1.44 bits per heavy atom. The van der Waals surface area contributed by atoms with E-state index in [4.69, 9.17) is 5.73 Å². The number of nitro groups is 1. The highest BCUT2D eigenvalue weighted by atomic mass is 16.6. The van der Waals surface area contributed by atoms with Crippen molar-refractivity contribution >= 4 is 17.3 Å². The van der Waals surface area contributed by atoms with Crippen LogP contribution < -0.4 is 11.1 Å². The largest absolute Gasteiger partial charge is 0.320 e. The lowest BCUT2D eigenvalue weighted by Crippen LogP contribution is -2.39. The molecule has 1 aromatic rings. The fourth-order valence-electron chi connectivity index (χ4n) is 1.43. The Bertz CT molecular complexity index is 472. The Morgan fingerprint density at radius 3 is 2.56 bits per heavy atom. The van der Waals surface area contributed by atoms with E-state index in [1.54, 1.807) is 19.1 Å². The van der Waals surface area contributed by atoms with Crippen molar-refractivity contribution in [2.75, 3.05) is 5.32 Å². The first-order chi connectivity index (χ1) is 8.32. The summed E-state index contributed by atoms with van der Waals surface area (Å²) in [5.74, 6) is -0.451. The maximum Gasteiger partial charge on any atom is 0.292 e. The van der Waals surface area contributed by atoms with Gasteiger partial charge in [-0.25, -0.2) is 0 Å². The third kappa shape index (κ3) is 3.27. The topological polar surface area (TPSA) is 98.3 Å². The summed E-state index contributed by atoms with van der Waals surface area (Å²) in [6.45, 7) is 5.42. The quantitative estimate of drug-likeness (QED) is 0.630. The summed E-state index contributed by atoms with van der Waals surface area (Å²) in [6.07, 6.45) is 0. The molecule has 1 aromatic carbocycles. The zero-order valence-electron chi connectivity index (χ0n) is 10.6. The number of nitrogens with one attached hydrogen (secondary N) is 1. The van der Waals surface area contributed by atoms with Crippen LogP contribution in [-0.4, -0.2) is 16.9 Å². The number of carbonyl (C=O) groups excluding carboxylic acids is 1. The van der Waals surface area contributed by atoms with Crippen molar-refractivity contribution < 1.29 is 9.72 Å². The molecule has 6 heteroatoms. The average molecular weight is 251 g/mol. The molecule has 0 bridgehead atoms. The fourth-order valence-corrected chi connectivity index (χ4v) is 1.43. The van der Waals surface area contributed by atoms with Crippen molar-refractivity contribution in [3.05, 3.63) is 33.9 Å². The summed E-state index contributed by atoms with van der Waals surface area (Å²) < 4.78 is 0. The Hall–Kier alpha value is -1.95. The van der Waals surface area contributed by atoms with E-state index in [2.05, 4.69) is 5.32 Å². The van der Waals surface area contributed by atoms with Gasteiger partial charge in [-0.2, -0.15) is 0 Å². The van der Waals surface area contributed by atoms with Crippen LogP contribution in [0.2, 0.25) is 0 Å². The molecular formula is C12H17N3O3. The molecule has 1 rings (SSSR count). The van der Waals surface area contributed by atoms with Crippen LogP contribution in [0.3, 0.4) is 0 Å². The second kappa shape index (κ2) is 5.59. The van der Waals surface area contributed by atoms with E-state index in [1.165, 1.54) is 6.07 Å². The molecule has 6 nitrogen and oxygen atoms in total. The molecule has 0 aliphatic carbocycles. The fraction of sp³-hybridized carbons (Fsp3) is 0.417. The third-order valence-electron chi connectivity index (χ3n) is 2.63. The molecule has 0 radical (unpaired) electrons. The summed E-state index contributed by atoms with van der Waals surface area (Å²) in [5, 5.41) is 13.3. The van der Waals surface area contributed by atoms with Crippen molar-refractivity contribution in [2.24, 2.45) is 11.7 Å². The summed E-state index contributed by atoms with van der Waals surface area (Å²) in [4.78, 5) is 22.1. The number of hydrogen-bond acceptors (Lipinski definition) is 4. The number of hydrogen-bond donors (Lipinski definition) is 2. The molecule has 18 heavy (non-hydrogen) atoms. The molecule has 3 N–H and O–H groups in total. The Labute approximate surface area is 105 Å². The molecular weight excluding hydrogens is 234 g/mol. The molecule has 0 unspecified atom stereocenters. The van der Waals surface area contributed by atoms with Crippen molar-refractivity contribution in [3.63, 3.8) is 0 Å². The van der Waals surface area contributed by atoms with Crippen LogP contribution >= 0.6 is 0 Å². The molecule has 98 valence electrons. The number of amides is 1. The summed E-state index contributed by atoms with van der Waals surface area (Å²) in [6, 6.07) is 3.86. The number of aryl methyl sites for hydroxylation is 1. The number of nitrogens with two attached hydrogens (primary N) is 1. The van der Waals surface area contributed by atoms with Crippen LogP contribution in [0.4, 0.5) is 11.4 Å². The summed E-state index contributed by atoms with van der Waals surface area (Å²) >= 11 is 0. The zero-order valence-corrected chi connectivity index (χ0v) is 10.6. The third-order valence-corrected chi connectivity index (χ3v) is 2.63. The molecule has 0 aromatic heterocycles. The monoisotopic (exact) mass is 251 g/mol. The van der Waals surface area contributed by atoms with Crippen LogP contribution in [0.5, 0.6) is 0 Å². The van der Waals surface area contributed by atoms with Gasteiger partial charge in [-0.05, 0) is 24.5 Å². The zero-order chi connectivity index (χ0) is 13.9. The molecule has 0 aliphatic heterocycles. The van der Waals surface area contributed by atoms with E-state index in [-0.39, 0.29) is 17.3 Å². The van der Waals surface area contributed by atoms with Gasteiger partial charge in [0, 0.05) is 6.07 Å². The molecule has 1 amide bonds. The molecule has 0 fully saturated rings. The van der Waals surface area contributed by atoms with Crippen LogP contribution in [0.1, 0.15) is 19.4 Å². The number of carbonyl (C=O) groups is 1. The first-order valence-corrected chi connectivity index (χ1v) is 5.64. The van der Waals surface area contributed by atoms with Crippen LogP contribution in [-0.2, 0) is 4.79 Å². The van der Waals surface area contributed by atoms with Crippen LogP contribution in [0.25, 0.3) is 0 Å². The minimum atomic E-state index is -0.690. The van der Waals surface area contributed by atoms with E-state index in [1.807, 2.05) is 13.8 Å². The average Bonchev–Trinajstić information content (AvgIpc) is 2.27. The van der Waals surface area contributed by atoms with Gasteiger partial charge in [0.1, 0.15) is 5.69 Å². The van der Waals surface area contributed by atoms with Gasteiger partial charge in [-0.3, -0.25) is 14.9 Å². The number of nitrogens with zero attached hydrogens (tertiary/aromatic N) is 1. The van der Waals surface area contributed by atoms with Crippen molar-refractivity contribution in [1.29, 1.82) is 0 Å². The lowest BCUT2D eigenvalue weighted by atomic mass is 10.0. The van der Waals surface area contributed by atoms with Crippen molar-refractivity contribution in [1.82, 2.24) is 0 Å². The van der Waals surface area contributed by atoms with Crippen molar-refractivity contribution in [2.45, 2.75) is 26.8 Å². The van der Waals surface area contributed by atoms with Crippen molar-refractivity contribution in [3.8, 4) is 0 Å². The molecule has 0 saturated carbocycles. The van der Waals surface area contributed by atoms with Gasteiger partial charge in [-0.1, -0.05) is 19.9 Å². The van der Waals surface area contributed by atoms with E-state index >= 15 is 0 Å². The van der Waals surface area contributed by atoms with Gasteiger partial charge in [0.2, 0.25) is 5.91 Å². The van der Waals surface area contributed by atoms with Gasteiger partial charge in [0.15, 0.2) is 0 Å². The summed E-state index contributed by atoms with van der Waals surface area (Å²) in [5.41, 5.74) is 6.57. The highest BCUT2D eigenvalue weighted by Gasteiger charge is 2.21. The maximum atomic E-state index is 11.8. The van der Waals surface area contributed by atoms with Crippen LogP contribution in [0, 0.1) is 23.0 Å². The van der Waals surface area contributed by atoms with Gasteiger partial charge in [0.25, 0.3) is 5.69 Å². The second-order valence-corrected chi connectivity index (χ2v) is 4.54. The molecule has 0 saturated heterocycles. The smallest absolute Gasteiger partial charge is 0.292 e. The second-order valence-electron chi connectivity index (χ2n) is 4.54. The lowest BCUT2D eigenvalue weighted by molar-refractivity contribution is -0.383. The molecule has 0 heterocycles. The van der Waals surface area contributed by atoms with Crippen LogP contribution in [0.15, 0.2) is 18.2 Å². The predicted octanol–water partition coefficient (Wildman–Crippen LogP) is 1.83. The molecule has 1 atom stereocenters. The minimum absolute atomic E-state index is 0.0335. The minimum Gasteiger partial charge on any atom is -0.320 e. The van der Waals surface area contributed by atoms with Gasteiger partial charge < -0.3 is 11.1 Å².